The second-order valence-corrected chi connectivity index (χ2v) is 6.73. The number of aliphatic hydroxyl groups excluding tert-OH is 1. The molecular formula is C21H24N4O4. The first-order valence-corrected chi connectivity index (χ1v) is 9.36. The van der Waals surface area contributed by atoms with Crippen molar-refractivity contribution in [1.29, 1.82) is 5.41 Å². The number of anilines is 2. The molecule has 2 amide bonds. The van der Waals surface area contributed by atoms with E-state index in [9.17, 15) is 14.7 Å². The fourth-order valence-corrected chi connectivity index (χ4v) is 3.09. The minimum absolute atomic E-state index is 0.0869. The summed E-state index contributed by atoms with van der Waals surface area (Å²) >= 11 is 0. The second kappa shape index (κ2) is 8.85. The highest BCUT2D eigenvalue weighted by Crippen LogP contribution is 2.22. The molecule has 0 aliphatic carbocycles. The molecule has 8 heteroatoms. The molecule has 1 heterocycles. The predicted molar refractivity (Wildman–Crippen MR) is 110 cm³/mol. The molecule has 29 heavy (non-hydrogen) atoms. The third-order valence-corrected chi connectivity index (χ3v) is 4.80. The molecule has 1 unspecified atom stereocenters. The maximum absolute atomic E-state index is 12.8. The number of aryl methyl sites for hydroxylation is 1. The molecule has 0 bridgehead atoms. The summed E-state index contributed by atoms with van der Waals surface area (Å²) in [6.45, 7) is 2.61. The van der Waals surface area contributed by atoms with Gasteiger partial charge in [0.05, 0.1) is 6.61 Å². The Morgan fingerprint density at radius 2 is 1.93 bits per heavy atom. The van der Waals surface area contributed by atoms with Gasteiger partial charge >= 0.3 is 0 Å². The van der Waals surface area contributed by atoms with Crippen LogP contribution in [0.4, 0.5) is 11.4 Å². The van der Waals surface area contributed by atoms with E-state index in [1.807, 2.05) is 31.2 Å². The standard InChI is InChI=1S/C21H24N4O4/c1-2-13-3-9-16(10-4-13)25-11-12-29-18(21(25)28)17(26)20(27)24-15-7-5-14(6-8-15)19(22)23/h3-10,17-18,26H,2,11-12H2,1H3,(H3,22,23)(H,24,27)/t17?,18-/m1/s1. The van der Waals surface area contributed by atoms with Crippen LogP contribution >= 0.6 is 0 Å². The molecule has 2 aromatic carbocycles. The number of ether oxygens (including phenoxy) is 1. The molecule has 3 rings (SSSR count). The zero-order valence-electron chi connectivity index (χ0n) is 16.1. The lowest BCUT2D eigenvalue weighted by Gasteiger charge is -2.34. The number of morpholine rings is 1. The van der Waals surface area contributed by atoms with Gasteiger partial charge in [-0.3, -0.25) is 15.0 Å². The summed E-state index contributed by atoms with van der Waals surface area (Å²) in [6, 6.07) is 13.9. The lowest BCUT2D eigenvalue weighted by atomic mass is 10.1. The lowest BCUT2D eigenvalue weighted by Crippen LogP contribution is -2.55. The number of rotatable bonds is 6. The number of nitrogens with zero attached hydrogens (tertiary/aromatic N) is 1. The topological polar surface area (TPSA) is 129 Å². The third-order valence-electron chi connectivity index (χ3n) is 4.80. The maximum atomic E-state index is 12.8. The summed E-state index contributed by atoms with van der Waals surface area (Å²) in [5, 5.41) is 20.3. The summed E-state index contributed by atoms with van der Waals surface area (Å²) < 4.78 is 5.41. The summed E-state index contributed by atoms with van der Waals surface area (Å²) in [7, 11) is 0. The molecule has 8 nitrogen and oxygen atoms in total. The van der Waals surface area contributed by atoms with E-state index in [4.69, 9.17) is 15.9 Å². The Labute approximate surface area is 168 Å². The van der Waals surface area contributed by atoms with Gasteiger partial charge < -0.3 is 25.8 Å². The number of carbonyl (C=O) groups excluding carboxylic acids is 2. The zero-order valence-corrected chi connectivity index (χ0v) is 16.1. The van der Waals surface area contributed by atoms with E-state index in [1.54, 1.807) is 24.3 Å². The molecule has 2 atom stereocenters. The predicted octanol–water partition coefficient (Wildman–Crippen LogP) is 1.26. The Kier molecular flexibility index (Phi) is 6.26. The van der Waals surface area contributed by atoms with Gasteiger partial charge in [-0.25, -0.2) is 0 Å². The molecule has 152 valence electrons. The van der Waals surface area contributed by atoms with E-state index in [1.165, 1.54) is 4.90 Å². The normalized spacial score (nSPS) is 17.7. The van der Waals surface area contributed by atoms with Crippen molar-refractivity contribution in [2.45, 2.75) is 25.6 Å². The molecule has 1 fully saturated rings. The van der Waals surface area contributed by atoms with Gasteiger partial charge in [0.1, 0.15) is 5.84 Å². The number of amides is 2. The van der Waals surface area contributed by atoms with E-state index in [2.05, 4.69) is 5.32 Å². The molecule has 0 saturated carbocycles. The van der Waals surface area contributed by atoms with Crippen molar-refractivity contribution in [2.24, 2.45) is 5.73 Å². The molecule has 2 aromatic rings. The van der Waals surface area contributed by atoms with Crippen LogP contribution in [0.2, 0.25) is 0 Å². The van der Waals surface area contributed by atoms with Crippen LogP contribution < -0.4 is 16.0 Å². The van der Waals surface area contributed by atoms with E-state index in [-0.39, 0.29) is 12.4 Å². The SMILES string of the molecule is CCc1ccc(N2CCO[C@H](C(O)C(=O)Nc3ccc(C(=N)N)cc3)C2=O)cc1. The molecular weight excluding hydrogens is 372 g/mol. The van der Waals surface area contributed by atoms with Crippen molar-refractivity contribution >= 4 is 29.0 Å². The summed E-state index contributed by atoms with van der Waals surface area (Å²) in [5.41, 5.74) is 8.18. The second-order valence-electron chi connectivity index (χ2n) is 6.73. The number of nitrogens with one attached hydrogen (secondary N) is 2. The van der Waals surface area contributed by atoms with Gasteiger partial charge in [-0.05, 0) is 48.4 Å². The molecule has 1 aliphatic heterocycles. The Morgan fingerprint density at radius 1 is 1.28 bits per heavy atom. The number of carbonyl (C=O) groups is 2. The van der Waals surface area contributed by atoms with Crippen molar-refractivity contribution < 1.29 is 19.4 Å². The van der Waals surface area contributed by atoms with Crippen LogP contribution in [0.5, 0.6) is 0 Å². The van der Waals surface area contributed by atoms with E-state index in [0.29, 0.717) is 23.5 Å². The van der Waals surface area contributed by atoms with Crippen LogP contribution in [0.15, 0.2) is 48.5 Å². The maximum Gasteiger partial charge on any atom is 0.259 e. The fraction of sp³-hybridized carbons (Fsp3) is 0.286. The lowest BCUT2D eigenvalue weighted by molar-refractivity contribution is -0.150. The quantitative estimate of drug-likeness (QED) is 0.432. The molecule has 1 aliphatic rings. The molecule has 1 saturated heterocycles. The van der Waals surface area contributed by atoms with Crippen LogP contribution in [0, 0.1) is 5.41 Å². The number of hydrogen-bond acceptors (Lipinski definition) is 5. The van der Waals surface area contributed by atoms with Crippen LogP contribution in [-0.2, 0) is 20.7 Å². The summed E-state index contributed by atoms with van der Waals surface area (Å²) in [4.78, 5) is 26.8. The van der Waals surface area contributed by atoms with Crippen molar-refractivity contribution in [3.8, 4) is 0 Å². The number of amidine groups is 1. The average molecular weight is 396 g/mol. The number of benzene rings is 2. The first kappa shape index (κ1) is 20.5. The van der Waals surface area contributed by atoms with Crippen LogP contribution in [0.3, 0.4) is 0 Å². The average Bonchev–Trinajstić information content (AvgIpc) is 2.74. The molecule has 0 spiro atoms. The summed E-state index contributed by atoms with van der Waals surface area (Å²) in [5.74, 6) is -1.30. The van der Waals surface area contributed by atoms with Gasteiger partial charge in [-0.15, -0.1) is 0 Å². The highest BCUT2D eigenvalue weighted by Gasteiger charge is 2.39. The monoisotopic (exact) mass is 396 g/mol. The van der Waals surface area contributed by atoms with Gasteiger partial charge in [0.25, 0.3) is 11.8 Å². The van der Waals surface area contributed by atoms with Crippen molar-refractivity contribution in [3.63, 3.8) is 0 Å². The molecule has 0 radical (unpaired) electrons. The molecule has 0 aromatic heterocycles. The fourth-order valence-electron chi connectivity index (χ4n) is 3.09. The van der Waals surface area contributed by atoms with Crippen molar-refractivity contribution in [2.75, 3.05) is 23.4 Å². The van der Waals surface area contributed by atoms with Gasteiger partial charge in [0.2, 0.25) is 0 Å². The Hall–Kier alpha value is -3.23. The highest BCUT2D eigenvalue weighted by molar-refractivity contribution is 6.04. The van der Waals surface area contributed by atoms with Crippen LogP contribution in [-0.4, -0.2) is 48.1 Å². The first-order valence-electron chi connectivity index (χ1n) is 9.36. The van der Waals surface area contributed by atoms with Crippen LogP contribution in [0.25, 0.3) is 0 Å². The molecule has 5 N–H and O–H groups in total. The Bertz CT molecular complexity index is 896. The number of aliphatic hydroxyl groups is 1. The van der Waals surface area contributed by atoms with Gasteiger partial charge in [0, 0.05) is 23.5 Å². The van der Waals surface area contributed by atoms with E-state index < -0.39 is 24.0 Å². The van der Waals surface area contributed by atoms with E-state index in [0.717, 1.165) is 12.0 Å². The number of hydrogen-bond donors (Lipinski definition) is 4. The number of nitrogen functional groups attached to an aromatic ring is 1. The Morgan fingerprint density at radius 3 is 2.52 bits per heavy atom. The third kappa shape index (κ3) is 4.61. The zero-order chi connectivity index (χ0) is 21.0. The summed E-state index contributed by atoms with van der Waals surface area (Å²) in [6.07, 6.45) is -2.05. The van der Waals surface area contributed by atoms with Gasteiger partial charge in [-0.1, -0.05) is 19.1 Å². The van der Waals surface area contributed by atoms with E-state index >= 15 is 0 Å². The first-order chi connectivity index (χ1) is 13.9. The van der Waals surface area contributed by atoms with Gasteiger partial charge in [-0.2, -0.15) is 0 Å². The highest BCUT2D eigenvalue weighted by atomic mass is 16.5. The Balaban J connectivity index is 1.68. The smallest absolute Gasteiger partial charge is 0.259 e. The van der Waals surface area contributed by atoms with Crippen LogP contribution in [0.1, 0.15) is 18.1 Å². The minimum atomic E-state index is -1.66. The largest absolute Gasteiger partial charge is 0.384 e. The van der Waals surface area contributed by atoms with Gasteiger partial charge in [0.15, 0.2) is 12.2 Å². The van der Waals surface area contributed by atoms with Crippen molar-refractivity contribution in [1.82, 2.24) is 0 Å². The number of nitrogens with two attached hydrogens (primary N) is 1. The van der Waals surface area contributed by atoms with Crippen molar-refractivity contribution in [3.05, 3.63) is 59.7 Å². The minimum Gasteiger partial charge on any atom is -0.384 e.